The molecule has 10 heteroatoms. The number of carbonyl (C=O) groups is 1. The Kier molecular flexibility index (Phi) is 7.09. The number of nitrogens with zero attached hydrogens (tertiary/aromatic N) is 3. The average molecular weight is 600 g/mol. The highest BCUT2D eigenvalue weighted by Crippen LogP contribution is 2.45. The maximum atomic E-state index is 14.8. The normalized spacial score (nSPS) is 14.3. The highest BCUT2D eigenvalue weighted by molar-refractivity contribution is 7.90. The smallest absolute Gasteiger partial charge is 0.306 e. The number of carboxylic acids is 1. The minimum atomic E-state index is -4.18. The van der Waals surface area contributed by atoms with Crippen molar-refractivity contribution in [1.29, 1.82) is 5.26 Å². The van der Waals surface area contributed by atoms with Crippen LogP contribution < -0.4 is 4.90 Å². The van der Waals surface area contributed by atoms with E-state index in [-0.39, 0.29) is 4.90 Å². The zero-order valence-electron chi connectivity index (χ0n) is 22.6. The molecule has 2 aromatic heterocycles. The molecule has 1 saturated heterocycles. The van der Waals surface area contributed by atoms with E-state index >= 15 is 0 Å². The number of benzene rings is 3. The number of rotatable bonds is 6. The molecule has 1 aliphatic heterocycles. The standard InChI is InChI=1S/C32H26FN3O4S2/c1-20-5-8-25(9-6-20)42(39,40)36-28-10-7-23(33)18-27(28)30(26-13-16-41-29(26)19-34)31(36)22-3-2-4-24(17-22)35-14-11-21(12-15-35)32(37)38/h2-10,13,16-18,21H,11-12,14-15H2,1H3,(H,37,38). The fraction of sp³-hybridized carbons (Fsp3) is 0.188. The molecule has 3 heterocycles. The van der Waals surface area contributed by atoms with Crippen molar-refractivity contribution >= 4 is 43.9 Å². The number of piperidine rings is 1. The molecule has 7 nitrogen and oxygen atoms in total. The number of nitriles is 1. The third-order valence-electron chi connectivity index (χ3n) is 7.81. The zero-order valence-corrected chi connectivity index (χ0v) is 24.3. The van der Waals surface area contributed by atoms with Gasteiger partial charge in [-0.05, 0) is 73.7 Å². The fourth-order valence-electron chi connectivity index (χ4n) is 5.66. The van der Waals surface area contributed by atoms with Crippen molar-refractivity contribution < 1.29 is 22.7 Å². The Hall–Kier alpha value is -4.46. The number of aromatic nitrogens is 1. The van der Waals surface area contributed by atoms with Gasteiger partial charge in [-0.1, -0.05) is 29.8 Å². The van der Waals surface area contributed by atoms with Gasteiger partial charge in [0.25, 0.3) is 10.0 Å². The van der Waals surface area contributed by atoms with Crippen LogP contribution in [0.4, 0.5) is 10.1 Å². The number of halogens is 1. The molecule has 1 aliphatic rings. The summed E-state index contributed by atoms with van der Waals surface area (Å²) in [5, 5.41) is 21.5. The molecule has 3 aromatic carbocycles. The SMILES string of the molecule is Cc1ccc(S(=O)(=O)n2c(-c3cccc(N4CCC(C(=O)O)CC4)c3)c(-c3ccsc3C#N)c3cc(F)ccc32)cc1. The Labute approximate surface area is 246 Å². The van der Waals surface area contributed by atoms with E-state index in [0.717, 1.165) is 11.3 Å². The Morgan fingerprint density at radius 1 is 1.05 bits per heavy atom. The number of aliphatic carboxylic acids is 1. The number of anilines is 1. The lowest BCUT2D eigenvalue weighted by molar-refractivity contribution is -0.142. The van der Waals surface area contributed by atoms with Gasteiger partial charge in [-0.15, -0.1) is 11.3 Å². The van der Waals surface area contributed by atoms with Gasteiger partial charge in [-0.3, -0.25) is 4.79 Å². The third-order valence-corrected chi connectivity index (χ3v) is 10.4. The predicted octanol–water partition coefficient (Wildman–Crippen LogP) is 6.89. The highest BCUT2D eigenvalue weighted by Gasteiger charge is 2.31. The van der Waals surface area contributed by atoms with Crippen LogP contribution in [-0.2, 0) is 14.8 Å². The second-order valence-corrected chi connectivity index (χ2v) is 13.1. The van der Waals surface area contributed by atoms with Crippen LogP contribution in [0, 0.1) is 30.0 Å². The van der Waals surface area contributed by atoms with Gasteiger partial charge < -0.3 is 10.0 Å². The van der Waals surface area contributed by atoms with Crippen molar-refractivity contribution in [2.45, 2.75) is 24.7 Å². The lowest BCUT2D eigenvalue weighted by Gasteiger charge is -2.32. The summed E-state index contributed by atoms with van der Waals surface area (Å²) in [4.78, 5) is 14.1. The molecule has 5 aromatic rings. The quantitative estimate of drug-likeness (QED) is 0.228. The van der Waals surface area contributed by atoms with Gasteiger partial charge in [0.2, 0.25) is 0 Å². The number of fused-ring (bicyclic) bond motifs is 1. The van der Waals surface area contributed by atoms with E-state index in [1.807, 2.05) is 25.1 Å². The van der Waals surface area contributed by atoms with Crippen LogP contribution in [0.5, 0.6) is 0 Å². The lowest BCUT2D eigenvalue weighted by Crippen LogP contribution is -2.36. The van der Waals surface area contributed by atoms with Crippen molar-refractivity contribution in [2.24, 2.45) is 5.92 Å². The summed E-state index contributed by atoms with van der Waals surface area (Å²) < 4.78 is 44.8. The molecule has 0 saturated carbocycles. The van der Waals surface area contributed by atoms with Gasteiger partial charge in [0, 0.05) is 40.9 Å². The van der Waals surface area contributed by atoms with Crippen LogP contribution in [0.1, 0.15) is 23.3 Å². The van der Waals surface area contributed by atoms with E-state index in [0.29, 0.717) is 64.1 Å². The van der Waals surface area contributed by atoms with Crippen molar-refractivity contribution in [3.8, 4) is 28.5 Å². The number of aryl methyl sites for hydroxylation is 1. The molecule has 0 bridgehead atoms. The lowest BCUT2D eigenvalue weighted by atomic mass is 9.96. The third kappa shape index (κ3) is 4.74. The first-order valence-corrected chi connectivity index (χ1v) is 15.7. The fourth-order valence-corrected chi connectivity index (χ4v) is 7.90. The van der Waals surface area contributed by atoms with Gasteiger partial charge >= 0.3 is 5.97 Å². The van der Waals surface area contributed by atoms with E-state index < -0.39 is 27.7 Å². The molecule has 0 unspecified atom stereocenters. The number of hydrogen-bond acceptors (Lipinski definition) is 6. The minimum absolute atomic E-state index is 0.0832. The Morgan fingerprint density at radius 3 is 2.48 bits per heavy atom. The summed E-state index contributed by atoms with van der Waals surface area (Å²) in [6, 6.07) is 22.0. The molecule has 0 atom stereocenters. The summed E-state index contributed by atoms with van der Waals surface area (Å²) in [7, 11) is -4.18. The van der Waals surface area contributed by atoms with E-state index in [1.165, 1.54) is 33.5 Å². The summed E-state index contributed by atoms with van der Waals surface area (Å²) in [6.07, 6.45) is 1.01. The largest absolute Gasteiger partial charge is 0.481 e. The number of thiophene rings is 1. The molecule has 1 fully saturated rings. The predicted molar refractivity (Wildman–Crippen MR) is 162 cm³/mol. The van der Waals surface area contributed by atoms with Crippen LogP contribution in [0.25, 0.3) is 33.3 Å². The monoisotopic (exact) mass is 599 g/mol. The summed E-state index contributed by atoms with van der Waals surface area (Å²) in [5.41, 5.74) is 3.91. The van der Waals surface area contributed by atoms with Gasteiger partial charge in [0.05, 0.1) is 22.0 Å². The van der Waals surface area contributed by atoms with E-state index in [1.54, 1.807) is 41.8 Å². The van der Waals surface area contributed by atoms with Crippen LogP contribution in [-0.4, -0.2) is 36.6 Å². The molecule has 1 N–H and O–H groups in total. The van der Waals surface area contributed by atoms with Crippen LogP contribution in [0.2, 0.25) is 0 Å². The summed E-state index contributed by atoms with van der Waals surface area (Å²) >= 11 is 1.23. The molecule has 0 aliphatic carbocycles. The second kappa shape index (κ2) is 10.7. The Bertz CT molecular complexity index is 1980. The molecule has 212 valence electrons. The Balaban J connectivity index is 1.64. The van der Waals surface area contributed by atoms with E-state index in [2.05, 4.69) is 11.0 Å². The minimum Gasteiger partial charge on any atom is -0.481 e. The summed E-state index contributed by atoms with van der Waals surface area (Å²) in [5.74, 6) is -1.71. The highest BCUT2D eigenvalue weighted by atomic mass is 32.2. The molecule has 0 spiro atoms. The summed E-state index contributed by atoms with van der Waals surface area (Å²) in [6.45, 7) is 2.97. The number of hydrogen-bond donors (Lipinski definition) is 1. The van der Waals surface area contributed by atoms with Crippen LogP contribution in [0.15, 0.2) is 83.1 Å². The van der Waals surface area contributed by atoms with E-state index in [9.17, 15) is 28.0 Å². The van der Waals surface area contributed by atoms with Crippen molar-refractivity contribution in [1.82, 2.24) is 3.97 Å². The first-order chi connectivity index (χ1) is 20.2. The van der Waals surface area contributed by atoms with E-state index in [4.69, 9.17) is 0 Å². The van der Waals surface area contributed by atoms with Crippen molar-refractivity contribution in [3.05, 3.63) is 94.4 Å². The van der Waals surface area contributed by atoms with Crippen molar-refractivity contribution in [3.63, 3.8) is 0 Å². The van der Waals surface area contributed by atoms with Gasteiger partial charge in [0.15, 0.2) is 0 Å². The number of carboxylic acid groups (broad SMARTS) is 1. The molecular formula is C32H26FN3O4S2. The van der Waals surface area contributed by atoms with Gasteiger partial charge in [-0.2, -0.15) is 5.26 Å². The van der Waals surface area contributed by atoms with Crippen LogP contribution in [0.3, 0.4) is 0 Å². The first-order valence-electron chi connectivity index (χ1n) is 13.4. The Morgan fingerprint density at radius 2 is 1.79 bits per heavy atom. The van der Waals surface area contributed by atoms with Gasteiger partial charge in [0.1, 0.15) is 16.8 Å². The molecule has 42 heavy (non-hydrogen) atoms. The van der Waals surface area contributed by atoms with Crippen molar-refractivity contribution in [2.75, 3.05) is 18.0 Å². The second-order valence-electron chi connectivity index (χ2n) is 10.4. The molecular weight excluding hydrogens is 574 g/mol. The van der Waals surface area contributed by atoms with Gasteiger partial charge in [-0.25, -0.2) is 16.8 Å². The average Bonchev–Trinajstić information content (AvgIpc) is 3.59. The maximum absolute atomic E-state index is 14.8. The van der Waals surface area contributed by atoms with Crippen LogP contribution >= 0.6 is 11.3 Å². The molecule has 0 radical (unpaired) electrons. The topological polar surface area (TPSA) is 103 Å². The molecule has 6 rings (SSSR count). The first kappa shape index (κ1) is 27.7. The zero-order chi connectivity index (χ0) is 29.6. The maximum Gasteiger partial charge on any atom is 0.306 e. The molecule has 0 amide bonds.